The van der Waals surface area contributed by atoms with Crippen molar-refractivity contribution < 1.29 is 25.6 Å². The van der Waals surface area contributed by atoms with Crippen molar-refractivity contribution >= 4 is 22.1 Å². The lowest BCUT2D eigenvalue weighted by molar-refractivity contribution is 0.299. The highest BCUT2D eigenvalue weighted by molar-refractivity contribution is 7.81. The lowest BCUT2D eigenvalue weighted by Crippen LogP contribution is -2.03. The molecule has 27 heavy (non-hydrogen) atoms. The highest BCUT2D eigenvalue weighted by Crippen LogP contribution is 2.26. The van der Waals surface area contributed by atoms with Gasteiger partial charge >= 0.3 is 10.5 Å². The van der Waals surface area contributed by atoms with Crippen LogP contribution >= 0.6 is 11.6 Å². The Kier molecular flexibility index (Phi) is 5.29. The molecule has 3 aromatic rings. The first-order valence-electron chi connectivity index (χ1n) is 7.45. The van der Waals surface area contributed by atoms with Gasteiger partial charge in [-0.3, -0.25) is 0 Å². The summed E-state index contributed by atoms with van der Waals surface area (Å²) in [5, 5.41) is 4.23. The third-order valence-electron chi connectivity index (χ3n) is 3.40. The number of aryl methyl sites for hydroxylation is 1. The van der Waals surface area contributed by atoms with E-state index in [1.54, 1.807) is 6.92 Å². The molecule has 0 aliphatic rings. The molecule has 0 unspecified atom stereocenters. The lowest BCUT2D eigenvalue weighted by Gasteiger charge is -2.11. The SMILES string of the molecule is Cc1ncn(-c2cc(F)c(COc3ccc(OS(=O)(=O)F)cc3)c(Cl)c2)n1. The topological polar surface area (TPSA) is 83.3 Å². The van der Waals surface area contributed by atoms with E-state index in [9.17, 15) is 16.7 Å². The van der Waals surface area contributed by atoms with Crippen LogP contribution in [0.3, 0.4) is 0 Å². The van der Waals surface area contributed by atoms with Gasteiger partial charge in [0.1, 0.15) is 36.1 Å². The van der Waals surface area contributed by atoms with Crippen LogP contribution in [-0.2, 0) is 17.1 Å². The lowest BCUT2D eigenvalue weighted by atomic mass is 10.2. The first-order valence-corrected chi connectivity index (χ1v) is 9.13. The van der Waals surface area contributed by atoms with Crippen molar-refractivity contribution in [2.75, 3.05) is 0 Å². The predicted octanol–water partition coefficient (Wildman–Crippen LogP) is 3.54. The molecule has 0 aliphatic heterocycles. The van der Waals surface area contributed by atoms with Crippen molar-refractivity contribution in [3.05, 3.63) is 65.0 Å². The molecule has 0 amide bonds. The number of benzene rings is 2. The molecule has 0 aliphatic carbocycles. The fourth-order valence-corrected chi connectivity index (χ4v) is 2.79. The maximum atomic E-state index is 14.4. The van der Waals surface area contributed by atoms with Crippen molar-refractivity contribution in [2.45, 2.75) is 13.5 Å². The van der Waals surface area contributed by atoms with Crippen LogP contribution in [0.4, 0.5) is 8.28 Å². The van der Waals surface area contributed by atoms with E-state index in [1.807, 2.05) is 0 Å². The summed E-state index contributed by atoms with van der Waals surface area (Å²) in [7, 11) is -5.10. The fraction of sp³-hybridized carbons (Fsp3) is 0.125. The molecule has 3 rings (SSSR count). The zero-order valence-corrected chi connectivity index (χ0v) is 15.3. The van der Waals surface area contributed by atoms with Crippen LogP contribution in [0.1, 0.15) is 11.4 Å². The molecule has 2 aromatic carbocycles. The van der Waals surface area contributed by atoms with E-state index >= 15 is 0 Å². The Balaban J connectivity index is 1.72. The number of nitrogens with zero attached hydrogens (tertiary/aromatic N) is 3. The third kappa shape index (κ3) is 4.92. The zero-order valence-electron chi connectivity index (χ0n) is 13.8. The Morgan fingerprint density at radius 2 is 1.85 bits per heavy atom. The molecule has 0 radical (unpaired) electrons. The van der Waals surface area contributed by atoms with Crippen molar-refractivity contribution in [1.82, 2.24) is 14.8 Å². The highest BCUT2D eigenvalue weighted by Gasteiger charge is 2.13. The average molecular weight is 416 g/mol. The Morgan fingerprint density at radius 3 is 2.41 bits per heavy atom. The summed E-state index contributed by atoms with van der Waals surface area (Å²) < 4.78 is 58.6. The Hall–Kier alpha value is -2.72. The maximum Gasteiger partial charge on any atom is 0.488 e. The molecule has 0 atom stereocenters. The first-order chi connectivity index (χ1) is 12.7. The van der Waals surface area contributed by atoms with Gasteiger partial charge in [-0.25, -0.2) is 14.1 Å². The molecular weight excluding hydrogens is 404 g/mol. The van der Waals surface area contributed by atoms with Crippen LogP contribution in [0.5, 0.6) is 11.5 Å². The Bertz CT molecular complexity index is 1050. The summed E-state index contributed by atoms with van der Waals surface area (Å²) in [6, 6.07) is 7.86. The number of ether oxygens (including phenoxy) is 1. The van der Waals surface area contributed by atoms with Gasteiger partial charge in [-0.15, -0.1) is 0 Å². The molecule has 0 saturated heterocycles. The minimum atomic E-state index is -5.10. The van der Waals surface area contributed by atoms with Gasteiger partial charge in [0.2, 0.25) is 0 Å². The van der Waals surface area contributed by atoms with Crippen LogP contribution in [0, 0.1) is 12.7 Å². The molecule has 0 N–H and O–H groups in total. The number of halogens is 3. The number of rotatable bonds is 6. The highest BCUT2D eigenvalue weighted by atomic mass is 35.5. The fourth-order valence-electron chi connectivity index (χ4n) is 2.19. The van der Waals surface area contributed by atoms with Crippen molar-refractivity contribution in [3.63, 3.8) is 0 Å². The standard InChI is InChI=1S/C16H12ClF2N3O4S/c1-10-20-9-22(21-10)11-6-15(17)14(16(18)7-11)8-25-12-2-4-13(5-3-12)26-27(19,23)24/h2-7,9H,8H2,1H3. The minimum absolute atomic E-state index is 0.129. The summed E-state index contributed by atoms with van der Waals surface area (Å²) in [5.74, 6) is 0.00708. The van der Waals surface area contributed by atoms with Gasteiger partial charge in [0.15, 0.2) is 0 Å². The van der Waals surface area contributed by atoms with Crippen molar-refractivity contribution in [3.8, 4) is 17.2 Å². The van der Waals surface area contributed by atoms with Gasteiger partial charge in [0.05, 0.1) is 10.7 Å². The second-order valence-corrected chi connectivity index (χ2v) is 6.72. The van der Waals surface area contributed by atoms with E-state index < -0.39 is 16.3 Å². The molecular formula is C16H12ClF2N3O4S. The van der Waals surface area contributed by atoms with Crippen LogP contribution in [-0.4, -0.2) is 23.2 Å². The van der Waals surface area contributed by atoms with Crippen molar-refractivity contribution in [2.24, 2.45) is 0 Å². The summed E-state index contributed by atoms with van der Waals surface area (Å²) in [4.78, 5) is 3.97. The minimum Gasteiger partial charge on any atom is -0.489 e. The molecule has 1 aromatic heterocycles. The second-order valence-electron chi connectivity index (χ2n) is 5.36. The molecule has 0 spiro atoms. The van der Waals surface area contributed by atoms with Gasteiger partial charge in [-0.1, -0.05) is 15.5 Å². The molecule has 11 heteroatoms. The second kappa shape index (κ2) is 7.49. The Labute approximate surface area is 158 Å². The van der Waals surface area contributed by atoms with E-state index in [4.69, 9.17) is 16.3 Å². The van der Waals surface area contributed by atoms with E-state index in [-0.39, 0.29) is 28.7 Å². The zero-order chi connectivity index (χ0) is 19.6. The van der Waals surface area contributed by atoms with Gasteiger partial charge in [0, 0.05) is 11.6 Å². The van der Waals surface area contributed by atoms with Crippen LogP contribution in [0.25, 0.3) is 5.69 Å². The smallest absolute Gasteiger partial charge is 0.488 e. The number of aromatic nitrogens is 3. The van der Waals surface area contributed by atoms with Crippen LogP contribution in [0.2, 0.25) is 5.02 Å². The quantitative estimate of drug-likeness (QED) is 0.572. The summed E-state index contributed by atoms with van der Waals surface area (Å²) in [6.45, 7) is 1.53. The molecule has 0 bridgehead atoms. The largest absolute Gasteiger partial charge is 0.489 e. The van der Waals surface area contributed by atoms with E-state index in [0.29, 0.717) is 11.5 Å². The van der Waals surface area contributed by atoms with Gasteiger partial charge in [0.25, 0.3) is 0 Å². The molecule has 7 nitrogen and oxygen atoms in total. The monoisotopic (exact) mass is 415 g/mol. The van der Waals surface area contributed by atoms with E-state index in [1.165, 1.54) is 47.4 Å². The van der Waals surface area contributed by atoms with Gasteiger partial charge in [-0.05, 0) is 37.3 Å². The maximum absolute atomic E-state index is 14.4. The van der Waals surface area contributed by atoms with Crippen LogP contribution < -0.4 is 8.92 Å². The van der Waals surface area contributed by atoms with Crippen LogP contribution in [0.15, 0.2) is 42.7 Å². The van der Waals surface area contributed by atoms with Crippen molar-refractivity contribution in [1.29, 1.82) is 0 Å². The first kappa shape index (κ1) is 19.1. The normalized spacial score (nSPS) is 11.4. The molecule has 0 fully saturated rings. The number of hydrogen-bond donors (Lipinski definition) is 0. The molecule has 1 heterocycles. The molecule has 0 saturated carbocycles. The molecule has 142 valence electrons. The number of hydrogen-bond acceptors (Lipinski definition) is 6. The average Bonchev–Trinajstić information content (AvgIpc) is 3.00. The van der Waals surface area contributed by atoms with Gasteiger partial charge in [-0.2, -0.15) is 13.5 Å². The summed E-state index contributed by atoms with van der Waals surface area (Å²) in [5.41, 5.74) is 0.541. The Morgan fingerprint density at radius 1 is 1.19 bits per heavy atom. The van der Waals surface area contributed by atoms with E-state index in [2.05, 4.69) is 14.3 Å². The predicted molar refractivity (Wildman–Crippen MR) is 92.5 cm³/mol. The van der Waals surface area contributed by atoms with Gasteiger partial charge < -0.3 is 8.92 Å². The summed E-state index contributed by atoms with van der Waals surface area (Å²) >= 11 is 6.15. The summed E-state index contributed by atoms with van der Waals surface area (Å²) in [6.07, 6.45) is 1.44. The van der Waals surface area contributed by atoms with E-state index in [0.717, 1.165) is 0 Å². The third-order valence-corrected chi connectivity index (χ3v) is 4.13.